The van der Waals surface area contributed by atoms with E-state index < -0.39 is 10.4 Å². The van der Waals surface area contributed by atoms with Crippen LogP contribution in [0, 0.1) is 10.1 Å². The Morgan fingerprint density at radius 2 is 1.48 bits per heavy atom. The first-order chi connectivity index (χ1) is 12.7. The number of hydrogen-bond acceptors (Lipinski definition) is 9. The number of aromatic amines is 1. The molecule has 3 rings (SSSR count). The van der Waals surface area contributed by atoms with Crippen LogP contribution in [0.3, 0.4) is 0 Å². The largest absolute Gasteiger partial charge is 0.726 e. The highest BCUT2D eigenvalue weighted by Crippen LogP contribution is 2.35. The Morgan fingerprint density at radius 3 is 1.93 bits per heavy atom. The fraction of sp³-hybridized carbons (Fsp3) is 0.714. The van der Waals surface area contributed by atoms with Crippen LogP contribution in [-0.2, 0) is 10.4 Å². The Hall–Kier alpha value is -2.25. The van der Waals surface area contributed by atoms with Crippen molar-refractivity contribution in [1.82, 2.24) is 4.98 Å². The minimum atomic E-state index is -4.92. The molecule has 12 nitrogen and oxygen atoms in total. The highest BCUT2D eigenvalue weighted by atomic mass is 32.3. The number of nitrogens with one attached hydrogen (secondary N) is 1. The van der Waals surface area contributed by atoms with Crippen molar-refractivity contribution in [3.05, 3.63) is 10.1 Å². The van der Waals surface area contributed by atoms with E-state index in [4.69, 9.17) is 23.3 Å². The summed E-state index contributed by atoms with van der Waals surface area (Å²) in [5, 5.41) is 11.7. The first kappa shape index (κ1) is 21.1. The van der Waals surface area contributed by atoms with Gasteiger partial charge in [0.25, 0.3) is 11.6 Å². The van der Waals surface area contributed by atoms with Crippen LogP contribution in [0.25, 0.3) is 0 Å². The van der Waals surface area contributed by atoms with Crippen molar-refractivity contribution in [3.8, 4) is 0 Å². The molecule has 2 aliphatic heterocycles. The van der Waals surface area contributed by atoms with E-state index in [0.717, 1.165) is 58.3 Å². The van der Waals surface area contributed by atoms with E-state index >= 15 is 0 Å². The second-order valence-electron chi connectivity index (χ2n) is 6.42. The SMILES string of the molecule is Nc1nc(N2CCCCC2)c([N+](=O)[O-])c(N2CCCCC2)[nH+]1.O=S(=O)([O-])O. The maximum atomic E-state index is 11.7. The van der Waals surface area contributed by atoms with Crippen LogP contribution in [0.4, 0.5) is 23.3 Å². The minimum absolute atomic E-state index is 0.0676. The molecule has 0 saturated carbocycles. The molecular weight excluding hydrogens is 380 g/mol. The first-order valence-electron chi connectivity index (χ1n) is 8.72. The maximum Gasteiger partial charge on any atom is 0.387 e. The molecule has 1 aromatic rings. The lowest BCUT2D eigenvalue weighted by atomic mass is 10.1. The second-order valence-corrected chi connectivity index (χ2v) is 7.28. The van der Waals surface area contributed by atoms with Crippen molar-refractivity contribution >= 4 is 33.7 Å². The number of aromatic nitrogens is 2. The zero-order valence-electron chi connectivity index (χ0n) is 14.8. The molecule has 27 heavy (non-hydrogen) atoms. The number of nitro groups is 1. The van der Waals surface area contributed by atoms with Gasteiger partial charge in [0.2, 0.25) is 10.4 Å². The Kier molecular flexibility index (Phi) is 7.10. The lowest BCUT2D eigenvalue weighted by molar-refractivity contribution is -0.407. The normalized spacial score (nSPS) is 17.9. The van der Waals surface area contributed by atoms with Crippen LogP contribution in [0.2, 0.25) is 0 Å². The van der Waals surface area contributed by atoms with E-state index in [-0.39, 0.29) is 16.6 Å². The summed E-state index contributed by atoms with van der Waals surface area (Å²) in [5.74, 6) is 1.17. The Labute approximate surface area is 157 Å². The highest BCUT2D eigenvalue weighted by molar-refractivity contribution is 7.79. The van der Waals surface area contributed by atoms with Gasteiger partial charge < -0.3 is 20.1 Å². The molecule has 0 amide bonds. The van der Waals surface area contributed by atoms with Gasteiger partial charge in [-0.1, -0.05) is 4.98 Å². The summed E-state index contributed by atoms with van der Waals surface area (Å²) in [5.41, 5.74) is 5.97. The van der Waals surface area contributed by atoms with Crippen molar-refractivity contribution in [2.24, 2.45) is 0 Å². The number of piperidine rings is 2. The highest BCUT2D eigenvalue weighted by Gasteiger charge is 2.36. The molecule has 1 aromatic heterocycles. The molecular formula is C14H24N6O6S. The molecule has 13 heteroatoms. The summed E-state index contributed by atoms with van der Waals surface area (Å²) in [4.78, 5) is 22.6. The van der Waals surface area contributed by atoms with Gasteiger partial charge in [-0.3, -0.25) is 14.7 Å². The van der Waals surface area contributed by atoms with E-state index in [9.17, 15) is 10.1 Å². The smallest absolute Gasteiger partial charge is 0.387 e. The second kappa shape index (κ2) is 9.10. The molecule has 0 aliphatic carbocycles. The number of H-pyrrole nitrogens is 1. The lowest BCUT2D eigenvalue weighted by Gasteiger charge is -2.28. The van der Waals surface area contributed by atoms with E-state index in [1.165, 1.54) is 6.42 Å². The summed E-state index contributed by atoms with van der Waals surface area (Å²) in [7, 11) is -4.92. The lowest BCUT2D eigenvalue weighted by Crippen LogP contribution is -2.38. The van der Waals surface area contributed by atoms with E-state index in [1.54, 1.807) is 0 Å². The molecule has 0 atom stereocenters. The molecule has 0 spiro atoms. The topological polar surface area (TPSA) is 180 Å². The van der Waals surface area contributed by atoms with Crippen molar-refractivity contribution in [1.29, 1.82) is 0 Å². The zero-order valence-corrected chi connectivity index (χ0v) is 15.7. The van der Waals surface area contributed by atoms with Crippen LogP contribution in [0.15, 0.2) is 0 Å². The molecule has 4 N–H and O–H groups in total. The van der Waals surface area contributed by atoms with Gasteiger partial charge in [-0.15, -0.1) is 0 Å². The number of rotatable bonds is 3. The number of anilines is 3. The van der Waals surface area contributed by atoms with Crippen molar-refractivity contribution in [3.63, 3.8) is 0 Å². The average molecular weight is 404 g/mol. The van der Waals surface area contributed by atoms with Gasteiger partial charge in [-0.25, -0.2) is 13.4 Å². The van der Waals surface area contributed by atoms with Crippen LogP contribution in [-0.4, -0.2) is 53.6 Å². The number of nitrogens with two attached hydrogens (primary N) is 1. The number of hydrogen-bond donors (Lipinski definition) is 2. The Bertz CT molecular complexity index is 714. The monoisotopic (exact) mass is 404 g/mol. The van der Waals surface area contributed by atoms with Gasteiger partial charge >= 0.3 is 11.6 Å². The molecule has 0 unspecified atom stereocenters. The van der Waals surface area contributed by atoms with Crippen molar-refractivity contribution in [2.75, 3.05) is 41.7 Å². The average Bonchev–Trinajstić information content (AvgIpc) is 2.61. The number of nitrogen functional groups attached to an aromatic ring is 1. The molecule has 2 fully saturated rings. The van der Waals surface area contributed by atoms with Gasteiger partial charge in [0, 0.05) is 13.1 Å². The van der Waals surface area contributed by atoms with Gasteiger partial charge in [0.1, 0.15) is 0 Å². The third-order valence-electron chi connectivity index (χ3n) is 4.42. The molecule has 3 heterocycles. The molecule has 0 bridgehead atoms. The van der Waals surface area contributed by atoms with Crippen LogP contribution in [0.5, 0.6) is 0 Å². The molecule has 0 radical (unpaired) electrons. The summed E-state index contributed by atoms with van der Waals surface area (Å²) in [6, 6.07) is 0. The van der Waals surface area contributed by atoms with Gasteiger partial charge in [0.05, 0.1) is 18.0 Å². The predicted octanol–water partition coefficient (Wildman–Crippen LogP) is 0.371. The Morgan fingerprint density at radius 1 is 1.04 bits per heavy atom. The summed E-state index contributed by atoms with van der Waals surface area (Å²) in [6.07, 6.45) is 6.51. The van der Waals surface area contributed by atoms with Crippen LogP contribution < -0.4 is 20.5 Å². The summed E-state index contributed by atoms with van der Waals surface area (Å²) in [6.45, 7) is 3.24. The maximum absolute atomic E-state index is 11.7. The molecule has 152 valence electrons. The Balaban J connectivity index is 0.000000465. The predicted molar refractivity (Wildman–Crippen MR) is 96.3 cm³/mol. The number of nitrogens with zero attached hydrogens (tertiary/aromatic N) is 4. The summed E-state index contributed by atoms with van der Waals surface area (Å²) < 4.78 is 32.8. The van der Waals surface area contributed by atoms with Crippen LogP contribution >= 0.6 is 0 Å². The third-order valence-corrected chi connectivity index (χ3v) is 4.42. The van der Waals surface area contributed by atoms with Gasteiger partial charge in [-0.05, 0) is 38.5 Å². The van der Waals surface area contributed by atoms with E-state index in [0.29, 0.717) is 11.6 Å². The fourth-order valence-corrected chi connectivity index (χ4v) is 3.32. The third kappa shape index (κ3) is 6.45. The van der Waals surface area contributed by atoms with Crippen molar-refractivity contribution in [2.45, 2.75) is 38.5 Å². The quantitative estimate of drug-likeness (QED) is 0.309. The molecule has 2 saturated heterocycles. The molecule has 2 aliphatic rings. The van der Waals surface area contributed by atoms with Crippen LogP contribution in [0.1, 0.15) is 38.5 Å². The first-order valence-corrected chi connectivity index (χ1v) is 10.1. The summed E-state index contributed by atoms with van der Waals surface area (Å²) >= 11 is 0. The van der Waals surface area contributed by atoms with Gasteiger partial charge in [0.15, 0.2) is 0 Å². The molecule has 0 aromatic carbocycles. The minimum Gasteiger partial charge on any atom is -0.726 e. The standard InChI is InChI=1S/C14H22N6O2.H2O4S/c15-14-16-12(18-7-3-1-4-8-18)11(20(21)22)13(17-14)19-9-5-2-6-10-19;1-5(2,3)4/h1-10H2,(H2,15,16,17);(H2,1,2,3,4). The van der Waals surface area contributed by atoms with Gasteiger partial charge in [-0.2, -0.15) is 0 Å². The van der Waals surface area contributed by atoms with Crippen molar-refractivity contribution < 1.29 is 27.4 Å². The fourth-order valence-electron chi connectivity index (χ4n) is 3.32. The van der Waals surface area contributed by atoms with E-state index in [1.807, 2.05) is 9.80 Å². The zero-order chi connectivity index (χ0) is 20.0. The van der Waals surface area contributed by atoms with E-state index in [2.05, 4.69) is 9.97 Å².